The first-order valence-corrected chi connectivity index (χ1v) is 5.98. The maximum Gasteiger partial charge on any atom is 0.417 e. The Bertz CT molecular complexity index is 490. The van der Waals surface area contributed by atoms with Gasteiger partial charge in [-0.3, -0.25) is 0 Å². The van der Waals surface area contributed by atoms with E-state index in [0.717, 1.165) is 6.07 Å². The molecule has 1 rings (SSSR count). The van der Waals surface area contributed by atoms with E-state index in [9.17, 15) is 13.2 Å². The van der Waals surface area contributed by atoms with Crippen LogP contribution in [0.3, 0.4) is 0 Å². The van der Waals surface area contributed by atoms with Gasteiger partial charge in [-0.1, -0.05) is 16.8 Å². The summed E-state index contributed by atoms with van der Waals surface area (Å²) in [5, 5.41) is 3.95. The SMILES string of the molecule is C/C(=N\OC(C)(C)C)c1cc(Cl)ccc1C(F)(F)F. The first kappa shape index (κ1) is 15.8. The summed E-state index contributed by atoms with van der Waals surface area (Å²) < 4.78 is 38.6. The van der Waals surface area contributed by atoms with Crippen molar-refractivity contribution in [3.05, 3.63) is 34.3 Å². The van der Waals surface area contributed by atoms with Gasteiger partial charge in [0.15, 0.2) is 0 Å². The minimum Gasteiger partial charge on any atom is -0.390 e. The van der Waals surface area contributed by atoms with Crippen LogP contribution in [0, 0.1) is 0 Å². The van der Waals surface area contributed by atoms with Crippen molar-refractivity contribution in [3.63, 3.8) is 0 Å². The molecule has 0 bridgehead atoms. The Morgan fingerprint density at radius 3 is 2.26 bits per heavy atom. The fourth-order valence-electron chi connectivity index (χ4n) is 1.32. The highest BCUT2D eigenvalue weighted by molar-refractivity contribution is 6.31. The third-order valence-electron chi connectivity index (χ3n) is 2.13. The molecule has 1 aromatic rings. The molecule has 0 aliphatic heterocycles. The van der Waals surface area contributed by atoms with Crippen LogP contribution in [-0.2, 0) is 11.0 Å². The molecule has 0 unspecified atom stereocenters. The first-order valence-electron chi connectivity index (χ1n) is 5.60. The number of halogens is 4. The Balaban J connectivity index is 3.22. The van der Waals surface area contributed by atoms with E-state index in [1.54, 1.807) is 20.8 Å². The molecule has 0 saturated heterocycles. The molecule has 0 aromatic heterocycles. The molecule has 0 spiro atoms. The topological polar surface area (TPSA) is 21.6 Å². The largest absolute Gasteiger partial charge is 0.417 e. The van der Waals surface area contributed by atoms with Gasteiger partial charge in [0.2, 0.25) is 0 Å². The van der Waals surface area contributed by atoms with Gasteiger partial charge in [-0.15, -0.1) is 0 Å². The Labute approximate surface area is 115 Å². The minimum absolute atomic E-state index is 0.0794. The summed E-state index contributed by atoms with van der Waals surface area (Å²) in [4.78, 5) is 5.13. The number of oxime groups is 1. The number of rotatable bonds is 2. The average molecular weight is 294 g/mol. The fraction of sp³-hybridized carbons (Fsp3) is 0.462. The Morgan fingerprint density at radius 2 is 1.79 bits per heavy atom. The van der Waals surface area contributed by atoms with Crippen molar-refractivity contribution in [2.75, 3.05) is 0 Å². The summed E-state index contributed by atoms with van der Waals surface area (Å²) in [7, 11) is 0. The van der Waals surface area contributed by atoms with Gasteiger partial charge in [-0.2, -0.15) is 13.2 Å². The summed E-state index contributed by atoms with van der Waals surface area (Å²) in [5.41, 5.74) is -1.30. The molecule has 0 aliphatic rings. The lowest BCUT2D eigenvalue weighted by molar-refractivity contribution is -0.137. The predicted molar refractivity (Wildman–Crippen MR) is 69.5 cm³/mol. The lowest BCUT2D eigenvalue weighted by Gasteiger charge is -2.17. The first-order chi connectivity index (χ1) is 8.50. The summed E-state index contributed by atoms with van der Waals surface area (Å²) in [6, 6.07) is 3.37. The maximum atomic E-state index is 12.9. The molecule has 0 amide bonds. The summed E-state index contributed by atoms with van der Waals surface area (Å²) in [6.07, 6.45) is -4.46. The van der Waals surface area contributed by atoms with E-state index in [0.29, 0.717) is 0 Å². The van der Waals surface area contributed by atoms with Crippen molar-refractivity contribution < 1.29 is 18.0 Å². The van der Waals surface area contributed by atoms with E-state index in [4.69, 9.17) is 16.4 Å². The summed E-state index contributed by atoms with van der Waals surface area (Å²) in [6.45, 7) is 6.72. The average Bonchev–Trinajstić information content (AvgIpc) is 2.23. The second kappa shape index (κ2) is 5.41. The second-order valence-electron chi connectivity index (χ2n) is 5.07. The van der Waals surface area contributed by atoms with E-state index in [1.165, 1.54) is 19.1 Å². The number of benzene rings is 1. The van der Waals surface area contributed by atoms with Gasteiger partial charge in [0.25, 0.3) is 0 Å². The van der Waals surface area contributed by atoms with Crippen LogP contribution in [-0.4, -0.2) is 11.3 Å². The van der Waals surface area contributed by atoms with Crippen molar-refractivity contribution in [1.82, 2.24) is 0 Å². The van der Waals surface area contributed by atoms with E-state index in [-0.39, 0.29) is 16.3 Å². The van der Waals surface area contributed by atoms with Gasteiger partial charge in [0.05, 0.1) is 11.3 Å². The van der Waals surface area contributed by atoms with Crippen LogP contribution in [0.25, 0.3) is 0 Å². The Morgan fingerprint density at radius 1 is 1.21 bits per heavy atom. The van der Waals surface area contributed by atoms with Gasteiger partial charge in [0, 0.05) is 10.6 Å². The van der Waals surface area contributed by atoms with Crippen LogP contribution in [0.4, 0.5) is 13.2 Å². The molecule has 0 N–H and O–H groups in total. The van der Waals surface area contributed by atoms with Gasteiger partial charge < -0.3 is 4.84 Å². The highest BCUT2D eigenvalue weighted by Gasteiger charge is 2.34. The standard InChI is InChI=1S/C13H15ClF3NO/c1-8(18-19-12(2,3)4)10-7-9(14)5-6-11(10)13(15,16)17/h5-7H,1-4H3/b18-8+. The molecule has 2 nitrogen and oxygen atoms in total. The zero-order valence-electron chi connectivity index (χ0n) is 11.1. The monoisotopic (exact) mass is 293 g/mol. The lowest BCUT2D eigenvalue weighted by Crippen LogP contribution is -2.18. The van der Waals surface area contributed by atoms with Gasteiger partial charge in [-0.25, -0.2) is 0 Å². The minimum atomic E-state index is -4.46. The van der Waals surface area contributed by atoms with Crippen molar-refractivity contribution in [2.24, 2.45) is 5.16 Å². The molecule has 106 valence electrons. The molecule has 19 heavy (non-hydrogen) atoms. The van der Waals surface area contributed by atoms with Crippen LogP contribution >= 0.6 is 11.6 Å². The number of hydrogen-bond acceptors (Lipinski definition) is 2. The quantitative estimate of drug-likeness (QED) is 0.561. The second-order valence-corrected chi connectivity index (χ2v) is 5.50. The van der Waals surface area contributed by atoms with Gasteiger partial charge in [-0.05, 0) is 45.9 Å². The highest BCUT2D eigenvalue weighted by atomic mass is 35.5. The maximum absolute atomic E-state index is 12.9. The lowest BCUT2D eigenvalue weighted by atomic mass is 10.0. The molecule has 0 aliphatic carbocycles. The van der Waals surface area contributed by atoms with Crippen LogP contribution < -0.4 is 0 Å². The van der Waals surface area contributed by atoms with Gasteiger partial charge >= 0.3 is 6.18 Å². The molecule has 6 heteroatoms. The molecule has 0 saturated carbocycles. The van der Waals surface area contributed by atoms with Crippen LogP contribution in [0.5, 0.6) is 0 Å². The molecule has 0 atom stereocenters. The number of alkyl halides is 3. The molecule has 0 heterocycles. The third-order valence-corrected chi connectivity index (χ3v) is 2.37. The molecular formula is C13H15ClF3NO. The summed E-state index contributed by atoms with van der Waals surface area (Å²) >= 11 is 5.74. The predicted octanol–water partition coefficient (Wildman–Crippen LogP) is 4.90. The highest BCUT2D eigenvalue weighted by Crippen LogP contribution is 2.33. The number of hydrogen-bond donors (Lipinski definition) is 0. The van der Waals surface area contributed by atoms with E-state index in [2.05, 4.69) is 5.16 Å². The van der Waals surface area contributed by atoms with E-state index >= 15 is 0 Å². The third kappa shape index (κ3) is 4.74. The molecule has 0 radical (unpaired) electrons. The zero-order valence-corrected chi connectivity index (χ0v) is 11.9. The zero-order chi connectivity index (χ0) is 14.8. The molecule has 1 aromatic carbocycles. The van der Waals surface area contributed by atoms with Gasteiger partial charge in [0.1, 0.15) is 5.60 Å². The normalized spacial score (nSPS) is 13.6. The smallest absolute Gasteiger partial charge is 0.390 e. The van der Waals surface area contributed by atoms with Crippen molar-refractivity contribution in [3.8, 4) is 0 Å². The van der Waals surface area contributed by atoms with Crippen LogP contribution in [0.1, 0.15) is 38.8 Å². The molecule has 0 fully saturated rings. The van der Waals surface area contributed by atoms with Crippen LogP contribution in [0.2, 0.25) is 5.02 Å². The summed E-state index contributed by atoms with van der Waals surface area (Å²) in [5.74, 6) is 0. The van der Waals surface area contributed by atoms with E-state index < -0.39 is 17.3 Å². The Kier molecular flexibility index (Phi) is 4.50. The van der Waals surface area contributed by atoms with Crippen LogP contribution in [0.15, 0.2) is 23.4 Å². The fourth-order valence-corrected chi connectivity index (χ4v) is 1.49. The Hall–Kier alpha value is -1.23. The van der Waals surface area contributed by atoms with Crippen molar-refractivity contribution >= 4 is 17.3 Å². The number of nitrogens with zero attached hydrogens (tertiary/aromatic N) is 1. The molecular weight excluding hydrogens is 279 g/mol. The van der Waals surface area contributed by atoms with E-state index in [1.807, 2.05) is 0 Å². The van der Waals surface area contributed by atoms with Crippen molar-refractivity contribution in [2.45, 2.75) is 39.5 Å². The van der Waals surface area contributed by atoms with Crippen molar-refractivity contribution in [1.29, 1.82) is 0 Å².